The van der Waals surface area contributed by atoms with Gasteiger partial charge in [0.15, 0.2) is 0 Å². The zero-order chi connectivity index (χ0) is 23.9. The molecule has 0 bridgehead atoms. The van der Waals surface area contributed by atoms with Crippen LogP contribution in [0.4, 0.5) is 10.7 Å². The van der Waals surface area contributed by atoms with Crippen LogP contribution < -0.4 is 20.3 Å². The summed E-state index contributed by atoms with van der Waals surface area (Å²) in [5.74, 6) is 0.994. The van der Waals surface area contributed by atoms with Crippen molar-refractivity contribution in [2.24, 2.45) is 0 Å². The van der Waals surface area contributed by atoms with Crippen LogP contribution in [0.25, 0.3) is 0 Å². The molecule has 2 N–H and O–H groups in total. The number of carbonyl (C=O) groups excluding carboxylic acids is 2. The SMILES string of the molecule is CCOC(=O)C1=C(CN2CCN(c3ncccn3)CC2)NC(=O)N[C@H]1c1ccc(OCC)cc1. The lowest BCUT2D eigenvalue weighted by Gasteiger charge is -2.37. The molecule has 0 radical (unpaired) electrons. The fraction of sp³-hybridized carbons (Fsp3) is 0.417. The summed E-state index contributed by atoms with van der Waals surface area (Å²) in [6, 6.07) is 8.22. The van der Waals surface area contributed by atoms with E-state index < -0.39 is 12.0 Å². The van der Waals surface area contributed by atoms with E-state index >= 15 is 0 Å². The molecule has 1 atom stereocenters. The Labute approximate surface area is 199 Å². The molecule has 1 fully saturated rings. The minimum Gasteiger partial charge on any atom is -0.494 e. The normalized spacial score (nSPS) is 18.8. The van der Waals surface area contributed by atoms with Crippen molar-refractivity contribution in [3.63, 3.8) is 0 Å². The molecule has 4 rings (SSSR count). The first-order chi connectivity index (χ1) is 16.6. The van der Waals surface area contributed by atoms with Crippen LogP contribution in [0.1, 0.15) is 25.5 Å². The molecule has 2 amide bonds. The molecule has 34 heavy (non-hydrogen) atoms. The summed E-state index contributed by atoms with van der Waals surface area (Å²) in [6.45, 7) is 7.91. The van der Waals surface area contributed by atoms with Crippen molar-refractivity contribution < 1.29 is 19.1 Å². The number of benzene rings is 1. The summed E-state index contributed by atoms with van der Waals surface area (Å²) in [4.78, 5) is 38.5. The molecule has 2 aromatic rings. The van der Waals surface area contributed by atoms with E-state index in [1.165, 1.54) is 0 Å². The molecule has 1 aromatic carbocycles. The second kappa shape index (κ2) is 11.0. The Balaban J connectivity index is 1.55. The zero-order valence-corrected chi connectivity index (χ0v) is 19.5. The van der Waals surface area contributed by atoms with Gasteiger partial charge >= 0.3 is 12.0 Å². The van der Waals surface area contributed by atoms with Crippen LogP contribution in [0.2, 0.25) is 0 Å². The maximum atomic E-state index is 13.0. The topological polar surface area (TPSA) is 109 Å². The smallest absolute Gasteiger partial charge is 0.338 e. The van der Waals surface area contributed by atoms with Crippen molar-refractivity contribution in [3.05, 3.63) is 59.6 Å². The Morgan fingerprint density at radius 2 is 1.76 bits per heavy atom. The van der Waals surface area contributed by atoms with Crippen LogP contribution in [0.3, 0.4) is 0 Å². The Morgan fingerprint density at radius 3 is 2.41 bits per heavy atom. The number of hydrogen-bond acceptors (Lipinski definition) is 8. The summed E-state index contributed by atoms with van der Waals surface area (Å²) in [5.41, 5.74) is 1.76. The van der Waals surface area contributed by atoms with Crippen molar-refractivity contribution in [1.82, 2.24) is 25.5 Å². The molecule has 3 heterocycles. The van der Waals surface area contributed by atoms with E-state index in [0.29, 0.717) is 30.4 Å². The van der Waals surface area contributed by atoms with E-state index in [2.05, 4.69) is 30.4 Å². The first kappa shape index (κ1) is 23.5. The third-order valence-electron chi connectivity index (χ3n) is 5.76. The van der Waals surface area contributed by atoms with Gasteiger partial charge in [-0.3, -0.25) is 4.90 Å². The van der Waals surface area contributed by atoms with Gasteiger partial charge in [0, 0.05) is 50.8 Å². The van der Waals surface area contributed by atoms with E-state index in [0.717, 1.165) is 37.5 Å². The fourth-order valence-corrected chi connectivity index (χ4v) is 4.15. The number of anilines is 1. The first-order valence-corrected chi connectivity index (χ1v) is 11.5. The number of rotatable bonds is 8. The van der Waals surface area contributed by atoms with Gasteiger partial charge in [0.05, 0.1) is 24.8 Å². The second-order valence-corrected chi connectivity index (χ2v) is 7.96. The van der Waals surface area contributed by atoms with E-state index in [1.807, 2.05) is 31.2 Å². The third kappa shape index (κ3) is 5.45. The van der Waals surface area contributed by atoms with Crippen LogP contribution >= 0.6 is 0 Å². The molecule has 0 aliphatic carbocycles. The van der Waals surface area contributed by atoms with Gasteiger partial charge in [0.25, 0.3) is 0 Å². The molecule has 0 unspecified atom stereocenters. The number of aromatic nitrogens is 2. The number of carbonyl (C=O) groups is 2. The Kier molecular flexibility index (Phi) is 7.58. The zero-order valence-electron chi connectivity index (χ0n) is 19.5. The summed E-state index contributed by atoms with van der Waals surface area (Å²) in [6.07, 6.45) is 3.47. The van der Waals surface area contributed by atoms with Gasteiger partial charge in [-0.15, -0.1) is 0 Å². The van der Waals surface area contributed by atoms with Crippen LogP contribution in [-0.4, -0.2) is 72.8 Å². The molecule has 10 heteroatoms. The molecule has 0 saturated carbocycles. The molecule has 180 valence electrons. The van der Waals surface area contributed by atoms with E-state index in [1.54, 1.807) is 25.4 Å². The van der Waals surface area contributed by atoms with Crippen molar-refractivity contribution in [2.45, 2.75) is 19.9 Å². The predicted molar refractivity (Wildman–Crippen MR) is 126 cm³/mol. The number of nitrogens with one attached hydrogen (secondary N) is 2. The van der Waals surface area contributed by atoms with Crippen LogP contribution in [0.15, 0.2) is 54.0 Å². The Morgan fingerprint density at radius 1 is 1.06 bits per heavy atom. The van der Waals surface area contributed by atoms with E-state index in [4.69, 9.17) is 9.47 Å². The van der Waals surface area contributed by atoms with Crippen molar-refractivity contribution in [2.75, 3.05) is 50.8 Å². The molecule has 0 spiro atoms. The molecule has 1 saturated heterocycles. The van der Waals surface area contributed by atoms with Crippen LogP contribution in [0, 0.1) is 0 Å². The summed E-state index contributed by atoms with van der Waals surface area (Å²) in [5, 5.41) is 5.73. The fourth-order valence-electron chi connectivity index (χ4n) is 4.15. The van der Waals surface area contributed by atoms with Gasteiger partial charge in [-0.05, 0) is 37.6 Å². The quantitative estimate of drug-likeness (QED) is 0.568. The Bertz CT molecular complexity index is 1020. The molecular weight excluding hydrogens is 436 g/mol. The van der Waals surface area contributed by atoms with Gasteiger partial charge in [0.1, 0.15) is 5.75 Å². The highest BCUT2D eigenvalue weighted by molar-refractivity contribution is 5.95. The summed E-state index contributed by atoms with van der Waals surface area (Å²) < 4.78 is 10.9. The van der Waals surface area contributed by atoms with Gasteiger partial charge < -0.3 is 25.0 Å². The molecule has 2 aliphatic rings. The summed E-state index contributed by atoms with van der Waals surface area (Å²) >= 11 is 0. The maximum Gasteiger partial charge on any atom is 0.338 e. The van der Waals surface area contributed by atoms with Crippen molar-refractivity contribution in [1.29, 1.82) is 0 Å². The number of esters is 1. The van der Waals surface area contributed by atoms with Gasteiger partial charge in [-0.25, -0.2) is 19.6 Å². The molecule has 1 aromatic heterocycles. The third-order valence-corrected chi connectivity index (χ3v) is 5.76. The van der Waals surface area contributed by atoms with E-state index in [9.17, 15) is 9.59 Å². The predicted octanol–water partition coefficient (Wildman–Crippen LogP) is 1.87. The Hall–Kier alpha value is -3.66. The monoisotopic (exact) mass is 466 g/mol. The minimum atomic E-state index is -0.613. The van der Waals surface area contributed by atoms with Gasteiger partial charge in [0.2, 0.25) is 5.95 Å². The average molecular weight is 467 g/mol. The van der Waals surface area contributed by atoms with Crippen molar-refractivity contribution in [3.8, 4) is 5.75 Å². The van der Waals surface area contributed by atoms with Crippen molar-refractivity contribution >= 4 is 17.9 Å². The first-order valence-electron chi connectivity index (χ1n) is 11.5. The highest BCUT2D eigenvalue weighted by Crippen LogP contribution is 2.29. The standard InChI is InChI=1S/C24H30N6O4/c1-3-33-18-8-6-17(7-9-18)21-20(22(31)34-4-2)19(27-24(32)28-21)16-29-12-14-30(15-13-29)23-25-10-5-11-26-23/h5-11,21H,3-4,12-16H2,1-2H3,(H2,27,28,32)/t21-/m0/s1. The van der Waals surface area contributed by atoms with Crippen LogP contribution in [0.5, 0.6) is 5.75 Å². The number of piperazine rings is 1. The average Bonchev–Trinajstić information content (AvgIpc) is 2.85. The lowest BCUT2D eigenvalue weighted by Crippen LogP contribution is -2.52. The number of amides is 2. The molecule has 2 aliphatic heterocycles. The number of hydrogen-bond donors (Lipinski definition) is 2. The van der Waals surface area contributed by atoms with Crippen LogP contribution in [-0.2, 0) is 9.53 Å². The lowest BCUT2D eigenvalue weighted by atomic mass is 9.94. The second-order valence-electron chi connectivity index (χ2n) is 7.96. The maximum absolute atomic E-state index is 13.0. The van der Waals surface area contributed by atoms with E-state index in [-0.39, 0.29) is 12.6 Å². The number of nitrogens with zero attached hydrogens (tertiary/aromatic N) is 4. The van der Waals surface area contributed by atoms with Gasteiger partial charge in [-0.2, -0.15) is 0 Å². The highest BCUT2D eigenvalue weighted by atomic mass is 16.5. The number of urea groups is 1. The largest absolute Gasteiger partial charge is 0.494 e. The minimum absolute atomic E-state index is 0.245. The molecular formula is C24H30N6O4. The highest BCUT2D eigenvalue weighted by Gasteiger charge is 2.34. The van der Waals surface area contributed by atoms with Gasteiger partial charge in [-0.1, -0.05) is 12.1 Å². The lowest BCUT2D eigenvalue weighted by molar-refractivity contribution is -0.139. The summed E-state index contributed by atoms with van der Waals surface area (Å²) in [7, 11) is 0. The number of ether oxygens (including phenoxy) is 2. The molecule has 10 nitrogen and oxygen atoms in total.